The van der Waals surface area contributed by atoms with Gasteiger partial charge in [0.25, 0.3) is 0 Å². The Hall–Kier alpha value is -2.92. The Morgan fingerprint density at radius 1 is 1.02 bits per heavy atom. The largest absolute Gasteiger partial charge is 0.491 e. The number of aromatic amines is 1. The highest BCUT2D eigenvalue weighted by molar-refractivity contribution is 6.58. The number of nitrogens with one attached hydrogen (secondary N) is 1. The van der Waals surface area contributed by atoms with Crippen molar-refractivity contribution in [2.24, 2.45) is 5.92 Å². The average Bonchev–Trinajstić information content (AvgIpc) is 3.39. The Morgan fingerprint density at radius 2 is 1.64 bits per heavy atom. The monoisotopic (exact) mass is 661 g/mol. The highest BCUT2D eigenvalue weighted by atomic mass is 35.5. The topological polar surface area (TPSA) is 79.8 Å². The second-order valence-corrected chi connectivity index (χ2v) is 11.9. The third kappa shape index (κ3) is 7.65. The fraction of sp³-hybridized carbons (Fsp3) is 0.281. The molecule has 44 heavy (non-hydrogen) atoms. The van der Waals surface area contributed by atoms with E-state index in [-0.39, 0.29) is 11.8 Å². The molecule has 0 bridgehead atoms. The van der Waals surface area contributed by atoms with Gasteiger partial charge in [0.15, 0.2) is 11.6 Å². The first-order valence-electron chi connectivity index (χ1n) is 14.2. The molecule has 232 valence electrons. The van der Waals surface area contributed by atoms with Crippen molar-refractivity contribution in [3.05, 3.63) is 105 Å². The number of H-pyrrole nitrogens is 1. The van der Waals surface area contributed by atoms with Crippen LogP contribution in [0.4, 0.5) is 8.78 Å². The van der Waals surface area contributed by atoms with Crippen LogP contribution in [0.1, 0.15) is 25.0 Å². The first-order chi connectivity index (χ1) is 20.9. The van der Waals surface area contributed by atoms with Crippen LogP contribution in [0.5, 0.6) is 0 Å². The van der Waals surface area contributed by atoms with Gasteiger partial charge in [-0.15, -0.1) is 0 Å². The molecule has 6 rings (SSSR count). The van der Waals surface area contributed by atoms with Gasteiger partial charge in [0.1, 0.15) is 0 Å². The van der Waals surface area contributed by atoms with E-state index in [1.165, 1.54) is 33.7 Å². The van der Waals surface area contributed by atoms with Crippen molar-refractivity contribution >= 4 is 69.8 Å². The molecule has 0 radical (unpaired) electrons. The van der Waals surface area contributed by atoms with Crippen molar-refractivity contribution < 1.29 is 23.6 Å². The van der Waals surface area contributed by atoms with E-state index in [0.29, 0.717) is 21.1 Å². The number of likely N-dealkylation sites (N-methyl/N-ethyl adjacent to an activating group) is 1. The smallest absolute Gasteiger partial charge is 0.423 e. The highest BCUT2D eigenvalue weighted by Crippen LogP contribution is 2.41. The number of rotatable bonds is 4. The number of carbonyl (C=O) groups excluding carboxylic acids is 1. The Labute approximate surface area is 271 Å². The first-order valence-corrected chi connectivity index (χ1v) is 15.3. The molecule has 0 saturated heterocycles. The van der Waals surface area contributed by atoms with E-state index in [0.717, 1.165) is 38.2 Å². The van der Waals surface area contributed by atoms with Crippen LogP contribution in [0.2, 0.25) is 15.1 Å². The van der Waals surface area contributed by atoms with Crippen LogP contribution >= 0.6 is 34.8 Å². The molecule has 0 spiro atoms. The molecule has 2 heterocycles. The summed E-state index contributed by atoms with van der Waals surface area (Å²) in [6, 6.07) is 14.9. The van der Waals surface area contributed by atoms with Crippen molar-refractivity contribution in [1.82, 2.24) is 14.8 Å². The van der Waals surface area contributed by atoms with Crippen LogP contribution in [0.25, 0.3) is 16.5 Å². The Balaban J connectivity index is 0.000000182. The molecular weight excluding hydrogens is 630 g/mol. The minimum atomic E-state index is -1.97. The molecule has 3 aromatic carbocycles. The van der Waals surface area contributed by atoms with Crippen LogP contribution < -0.4 is 5.46 Å². The number of carbonyl (C=O) groups is 1. The fourth-order valence-electron chi connectivity index (χ4n) is 5.62. The van der Waals surface area contributed by atoms with Gasteiger partial charge in [-0.1, -0.05) is 65.1 Å². The van der Waals surface area contributed by atoms with Gasteiger partial charge in [-0.05, 0) is 74.3 Å². The normalized spacial score (nSPS) is 17.0. The molecule has 3 N–H and O–H groups in total. The predicted octanol–water partition coefficient (Wildman–Crippen LogP) is 6.20. The summed E-state index contributed by atoms with van der Waals surface area (Å²) in [5.74, 6) is -2.10. The number of nitrogens with zero attached hydrogens (tertiary/aromatic N) is 2. The van der Waals surface area contributed by atoms with E-state index >= 15 is 0 Å². The molecule has 1 aliphatic carbocycles. The number of hydrogen-bond donors (Lipinski definition) is 3. The zero-order valence-electron chi connectivity index (χ0n) is 24.5. The van der Waals surface area contributed by atoms with Crippen molar-refractivity contribution in [2.45, 2.75) is 26.3 Å². The quantitative estimate of drug-likeness (QED) is 0.228. The van der Waals surface area contributed by atoms with Crippen LogP contribution in [-0.4, -0.2) is 70.6 Å². The third-order valence-corrected chi connectivity index (χ3v) is 8.40. The van der Waals surface area contributed by atoms with Gasteiger partial charge in [0.05, 0.1) is 5.92 Å². The molecule has 0 fully saturated rings. The zero-order valence-corrected chi connectivity index (χ0v) is 26.8. The summed E-state index contributed by atoms with van der Waals surface area (Å²) in [6.07, 6.45) is 5.41. The van der Waals surface area contributed by atoms with Gasteiger partial charge < -0.3 is 19.9 Å². The molecular formula is C32H33BCl3F2N3O3. The van der Waals surface area contributed by atoms with Gasteiger partial charge in [-0.2, -0.15) is 0 Å². The second kappa shape index (κ2) is 14.9. The van der Waals surface area contributed by atoms with Crippen LogP contribution in [0.15, 0.2) is 66.9 Å². The number of amides is 1. The highest BCUT2D eigenvalue weighted by Gasteiger charge is 2.36. The fourth-order valence-corrected chi connectivity index (χ4v) is 6.49. The second-order valence-electron chi connectivity index (χ2n) is 10.5. The lowest BCUT2D eigenvalue weighted by molar-refractivity contribution is -0.134. The number of fused-ring (bicyclic) bond motifs is 2. The van der Waals surface area contributed by atoms with Gasteiger partial charge in [-0.25, -0.2) is 8.78 Å². The first kappa shape index (κ1) is 34.0. The average molecular weight is 663 g/mol. The van der Waals surface area contributed by atoms with E-state index in [2.05, 4.69) is 61.3 Å². The predicted molar refractivity (Wildman–Crippen MR) is 175 cm³/mol. The van der Waals surface area contributed by atoms with Crippen LogP contribution in [0.3, 0.4) is 0 Å². The minimum absolute atomic E-state index is 0.0445. The van der Waals surface area contributed by atoms with Gasteiger partial charge in [-0.3, -0.25) is 9.69 Å². The van der Waals surface area contributed by atoms with Gasteiger partial charge in [0.2, 0.25) is 5.91 Å². The van der Waals surface area contributed by atoms with Crippen molar-refractivity contribution in [2.75, 3.05) is 26.7 Å². The lowest BCUT2D eigenvalue weighted by Gasteiger charge is -2.40. The molecule has 1 aliphatic heterocycles. The maximum Gasteiger partial charge on any atom is 0.491 e. The molecule has 2 aliphatic rings. The molecule has 6 nitrogen and oxygen atoms in total. The van der Waals surface area contributed by atoms with Crippen molar-refractivity contribution in [3.63, 3.8) is 0 Å². The molecule has 12 heteroatoms. The summed E-state index contributed by atoms with van der Waals surface area (Å²) in [5, 5.41) is 20.0. The summed E-state index contributed by atoms with van der Waals surface area (Å²) >= 11 is 16.7. The SMILES string of the molecule is CCN(CC)C(=O)[C@@H]1C=C2c3cccc4[nH]cc(c34)C[C@H]2N(C)C1.Clc1cc(Cl)cc(Cl)c1.OB(O)c1cccc(F)c1F. The summed E-state index contributed by atoms with van der Waals surface area (Å²) < 4.78 is 24.9. The number of halogens is 5. The number of aromatic nitrogens is 1. The van der Waals surface area contributed by atoms with Gasteiger partial charge >= 0.3 is 7.12 Å². The minimum Gasteiger partial charge on any atom is -0.423 e. The maximum absolute atomic E-state index is 12.9. The van der Waals surface area contributed by atoms with Crippen LogP contribution in [-0.2, 0) is 11.2 Å². The summed E-state index contributed by atoms with van der Waals surface area (Å²) in [4.78, 5) is 20.6. The Morgan fingerprint density at radius 3 is 2.20 bits per heavy atom. The van der Waals surface area contributed by atoms with E-state index < -0.39 is 24.2 Å². The summed E-state index contributed by atoms with van der Waals surface area (Å²) in [6.45, 7) is 6.47. The molecule has 4 aromatic rings. The molecule has 1 aromatic heterocycles. The summed E-state index contributed by atoms with van der Waals surface area (Å²) in [5.41, 5.74) is 4.76. The number of hydrogen-bond acceptors (Lipinski definition) is 4. The maximum atomic E-state index is 12.9. The van der Waals surface area contributed by atoms with Crippen LogP contribution in [0, 0.1) is 17.6 Å². The van der Waals surface area contributed by atoms with E-state index in [9.17, 15) is 13.6 Å². The van der Waals surface area contributed by atoms with Crippen molar-refractivity contribution in [3.8, 4) is 0 Å². The zero-order chi connectivity index (χ0) is 32.1. The molecule has 1 amide bonds. The molecule has 2 atom stereocenters. The molecule has 0 saturated carbocycles. The van der Waals surface area contributed by atoms with E-state index in [1.54, 1.807) is 18.2 Å². The van der Waals surface area contributed by atoms with E-state index in [4.69, 9.17) is 44.9 Å². The van der Waals surface area contributed by atoms with E-state index in [1.807, 2.05) is 4.90 Å². The molecule has 0 unspecified atom stereocenters. The Bertz CT molecular complexity index is 1610. The third-order valence-electron chi connectivity index (χ3n) is 7.75. The lowest BCUT2D eigenvalue weighted by atomic mass is 9.79. The lowest BCUT2D eigenvalue weighted by Crippen LogP contribution is -2.47. The Kier molecular flexibility index (Phi) is 11.5. The van der Waals surface area contributed by atoms with Crippen molar-refractivity contribution in [1.29, 1.82) is 0 Å². The number of benzene rings is 3. The summed E-state index contributed by atoms with van der Waals surface area (Å²) in [7, 11) is 0.184. The van der Waals surface area contributed by atoms with Gasteiger partial charge in [0, 0.05) is 63.3 Å². The standard InChI is InChI=1S/C20H25N3O.C6H5BF2O2.C6H3Cl3/c1-4-23(5-2)20(24)14-9-16-15-7-6-8-17-19(15)13(11-21-17)10-18(16)22(3)12-14;8-5-3-1-2-4(6(5)9)7(10)11;7-4-1-5(8)3-6(9)2-4/h6-9,11,14,18,21H,4-5,10,12H2,1-3H3;1-3,10-11H;1-3H/t14-,18-;;/m1../s1.